The quantitative estimate of drug-likeness (QED) is 0.532. The van der Waals surface area contributed by atoms with Crippen LogP contribution >= 0.6 is 0 Å². The largest absolute Gasteiger partial charge is 0.444 e. The van der Waals surface area contributed by atoms with Crippen molar-refractivity contribution in [2.24, 2.45) is 0 Å². The third kappa shape index (κ3) is 4.32. The fourth-order valence-electron chi connectivity index (χ4n) is 2.70. The normalized spacial score (nSPS) is 10.7. The van der Waals surface area contributed by atoms with Crippen LogP contribution in [-0.2, 0) is 19.4 Å². The Bertz CT molecular complexity index is 1040. The molecule has 0 spiro atoms. The van der Waals surface area contributed by atoms with Gasteiger partial charge in [-0.3, -0.25) is 4.79 Å². The Morgan fingerprint density at radius 3 is 2.46 bits per heavy atom. The number of oxazole rings is 1. The summed E-state index contributed by atoms with van der Waals surface area (Å²) in [4.78, 5) is 20.8. The fourth-order valence-corrected chi connectivity index (χ4v) is 2.70. The van der Waals surface area contributed by atoms with Crippen molar-refractivity contribution in [2.75, 3.05) is 0 Å². The molecule has 4 aromatic rings. The lowest BCUT2D eigenvalue weighted by Gasteiger charge is -1.98. The molecule has 1 amide bonds. The summed E-state index contributed by atoms with van der Waals surface area (Å²) in [5.41, 5.74) is 2.21. The van der Waals surface area contributed by atoms with Crippen LogP contribution in [0.2, 0.25) is 0 Å². The highest BCUT2D eigenvalue weighted by molar-refractivity contribution is 5.92. The zero-order valence-electron chi connectivity index (χ0n) is 15.0. The molecule has 7 heteroatoms. The molecule has 0 unspecified atom stereocenters. The Labute approximate surface area is 161 Å². The van der Waals surface area contributed by atoms with Crippen molar-refractivity contribution in [3.63, 3.8) is 0 Å². The monoisotopic (exact) mass is 374 g/mol. The summed E-state index contributed by atoms with van der Waals surface area (Å²) in [5.74, 6) is 0.999. The number of carbonyl (C=O) groups excluding carboxylic acids is 1. The van der Waals surface area contributed by atoms with E-state index in [0.717, 1.165) is 12.0 Å². The number of benzene rings is 2. The van der Waals surface area contributed by atoms with Crippen LogP contribution in [0.15, 0.2) is 75.9 Å². The van der Waals surface area contributed by atoms with Gasteiger partial charge in [0.05, 0.1) is 6.54 Å². The van der Waals surface area contributed by atoms with E-state index in [1.54, 1.807) is 0 Å². The number of carbonyl (C=O) groups is 1. The minimum absolute atomic E-state index is 0.154. The van der Waals surface area contributed by atoms with Crippen molar-refractivity contribution in [3.8, 4) is 11.5 Å². The second-order valence-electron chi connectivity index (χ2n) is 6.18. The van der Waals surface area contributed by atoms with Gasteiger partial charge in [-0.05, 0) is 24.1 Å². The Morgan fingerprint density at radius 1 is 0.929 bits per heavy atom. The van der Waals surface area contributed by atoms with E-state index in [1.807, 2.05) is 48.5 Å². The highest BCUT2D eigenvalue weighted by atomic mass is 16.5. The van der Waals surface area contributed by atoms with Crippen molar-refractivity contribution in [1.82, 2.24) is 20.4 Å². The van der Waals surface area contributed by atoms with Gasteiger partial charge in [-0.15, -0.1) is 0 Å². The third-order valence-corrected chi connectivity index (χ3v) is 4.15. The molecule has 140 valence electrons. The lowest BCUT2D eigenvalue weighted by atomic mass is 10.1. The highest BCUT2D eigenvalue weighted by Gasteiger charge is 2.14. The predicted octanol–water partition coefficient (Wildman–Crippen LogP) is 3.44. The molecule has 0 fully saturated rings. The topological polar surface area (TPSA) is 94.1 Å². The maximum Gasteiger partial charge on any atom is 0.273 e. The maximum atomic E-state index is 12.3. The lowest BCUT2D eigenvalue weighted by Crippen LogP contribution is -2.23. The number of aryl methyl sites for hydroxylation is 2. The molecule has 0 radical (unpaired) electrons. The van der Waals surface area contributed by atoms with E-state index in [-0.39, 0.29) is 18.1 Å². The number of aromatic nitrogens is 3. The number of amides is 1. The lowest BCUT2D eigenvalue weighted by molar-refractivity contribution is 0.0944. The molecule has 2 aromatic heterocycles. The predicted molar refractivity (Wildman–Crippen MR) is 101 cm³/mol. The number of hydrogen-bond acceptors (Lipinski definition) is 6. The molecular formula is C21H18N4O3. The van der Waals surface area contributed by atoms with E-state index in [2.05, 4.69) is 32.6 Å². The van der Waals surface area contributed by atoms with E-state index in [0.29, 0.717) is 24.0 Å². The van der Waals surface area contributed by atoms with Gasteiger partial charge in [0.2, 0.25) is 11.8 Å². The first-order valence-electron chi connectivity index (χ1n) is 8.92. The number of hydrogen-bond donors (Lipinski definition) is 1. The van der Waals surface area contributed by atoms with Gasteiger partial charge in [0.25, 0.3) is 5.91 Å². The second-order valence-corrected chi connectivity index (χ2v) is 6.18. The molecule has 0 aliphatic rings. The smallest absolute Gasteiger partial charge is 0.273 e. The average molecular weight is 374 g/mol. The number of nitrogens with one attached hydrogen (secondary N) is 1. The molecule has 0 saturated carbocycles. The van der Waals surface area contributed by atoms with E-state index in [4.69, 9.17) is 8.94 Å². The summed E-state index contributed by atoms with van der Waals surface area (Å²) in [7, 11) is 0. The van der Waals surface area contributed by atoms with Gasteiger partial charge in [-0.2, -0.15) is 4.98 Å². The Balaban J connectivity index is 1.30. The Morgan fingerprint density at radius 2 is 1.68 bits per heavy atom. The van der Waals surface area contributed by atoms with E-state index < -0.39 is 0 Å². The van der Waals surface area contributed by atoms with Gasteiger partial charge >= 0.3 is 0 Å². The standard InChI is InChI=1S/C21H18N4O3/c26-20(17-14-27-21(23-17)16-9-5-2-6-10-16)22-13-18-24-19(28-25-18)12-11-15-7-3-1-4-8-15/h1-10,14H,11-13H2,(H,22,26). The van der Waals surface area contributed by atoms with Crippen molar-refractivity contribution in [3.05, 3.63) is 89.9 Å². The summed E-state index contributed by atoms with van der Waals surface area (Å²) in [5, 5.41) is 6.62. The van der Waals surface area contributed by atoms with Gasteiger partial charge in [-0.1, -0.05) is 53.7 Å². The first kappa shape index (κ1) is 17.7. The van der Waals surface area contributed by atoms with E-state index >= 15 is 0 Å². The molecule has 0 atom stereocenters. The van der Waals surface area contributed by atoms with Gasteiger partial charge in [0, 0.05) is 12.0 Å². The molecule has 4 rings (SSSR count). The summed E-state index contributed by atoms with van der Waals surface area (Å²) in [6.07, 6.45) is 2.80. The summed E-state index contributed by atoms with van der Waals surface area (Å²) in [6, 6.07) is 19.5. The van der Waals surface area contributed by atoms with Crippen molar-refractivity contribution < 1.29 is 13.7 Å². The van der Waals surface area contributed by atoms with Crippen molar-refractivity contribution in [2.45, 2.75) is 19.4 Å². The molecular weight excluding hydrogens is 356 g/mol. The fraction of sp³-hybridized carbons (Fsp3) is 0.143. The van der Waals surface area contributed by atoms with Crippen LogP contribution in [0, 0.1) is 0 Å². The minimum Gasteiger partial charge on any atom is -0.444 e. The summed E-state index contributed by atoms with van der Waals surface area (Å²) < 4.78 is 10.6. The van der Waals surface area contributed by atoms with Crippen LogP contribution < -0.4 is 5.32 Å². The molecule has 2 aromatic carbocycles. The minimum atomic E-state index is -0.360. The van der Waals surface area contributed by atoms with Crippen LogP contribution in [0.5, 0.6) is 0 Å². The molecule has 0 aliphatic carbocycles. The average Bonchev–Trinajstić information content (AvgIpc) is 3.42. The maximum absolute atomic E-state index is 12.3. The van der Waals surface area contributed by atoms with Gasteiger partial charge < -0.3 is 14.3 Å². The second kappa shape index (κ2) is 8.30. The molecule has 7 nitrogen and oxygen atoms in total. The Kier molecular flexibility index (Phi) is 5.24. The first-order chi connectivity index (χ1) is 13.8. The van der Waals surface area contributed by atoms with Gasteiger partial charge in [0.15, 0.2) is 11.5 Å². The molecule has 0 aliphatic heterocycles. The Hall–Kier alpha value is -3.74. The molecule has 0 saturated heterocycles. The molecule has 1 N–H and O–H groups in total. The van der Waals surface area contributed by atoms with Crippen LogP contribution in [0.3, 0.4) is 0 Å². The van der Waals surface area contributed by atoms with Crippen LogP contribution in [0.25, 0.3) is 11.5 Å². The van der Waals surface area contributed by atoms with Crippen LogP contribution in [-0.4, -0.2) is 21.0 Å². The third-order valence-electron chi connectivity index (χ3n) is 4.15. The molecule has 2 heterocycles. The van der Waals surface area contributed by atoms with Crippen LogP contribution in [0.4, 0.5) is 0 Å². The molecule has 0 bridgehead atoms. The highest BCUT2D eigenvalue weighted by Crippen LogP contribution is 2.17. The number of nitrogens with zero attached hydrogens (tertiary/aromatic N) is 3. The van der Waals surface area contributed by atoms with E-state index in [9.17, 15) is 4.79 Å². The zero-order valence-corrected chi connectivity index (χ0v) is 15.0. The summed E-state index contributed by atoms with van der Waals surface area (Å²) >= 11 is 0. The van der Waals surface area contributed by atoms with Gasteiger partial charge in [-0.25, -0.2) is 4.98 Å². The summed E-state index contributed by atoms with van der Waals surface area (Å²) in [6.45, 7) is 0.154. The SMILES string of the molecule is O=C(NCc1noc(CCc2ccccc2)n1)c1coc(-c2ccccc2)n1. The van der Waals surface area contributed by atoms with E-state index in [1.165, 1.54) is 11.8 Å². The first-order valence-corrected chi connectivity index (χ1v) is 8.92. The number of rotatable bonds is 7. The van der Waals surface area contributed by atoms with Crippen molar-refractivity contribution in [1.29, 1.82) is 0 Å². The van der Waals surface area contributed by atoms with Gasteiger partial charge in [0.1, 0.15) is 6.26 Å². The van der Waals surface area contributed by atoms with Crippen LogP contribution in [0.1, 0.15) is 27.8 Å². The zero-order chi connectivity index (χ0) is 19.2. The molecule has 28 heavy (non-hydrogen) atoms. The van der Waals surface area contributed by atoms with Crippen molar-refractivity contribution >= 4 is 5.91 Å².